The summed E-state index contributed by atoms with van der Waals surface area (Å²) in [5, 5.41) is 0.717. The molecule has 1 aromatic heterocycles. The van der Waals surface area contributed by atoms with Gasteiger partial charge >= 0.3 is 0 Å². The number of hydrogen-bond acceptors (Lipinski definition) is 1. The smallest absolute Gasteiger partial charge is 0.182 e. The van der Waals surface area contributed by atoms with Crippen molar-refractivity contribution in [1.29, 1.82) is 0 Å². The van der Waals surface area contributed by atoms with Gasteiger partial charge in [0.05, 0.1) is 10.7 Å². The Balaban J connectivity index is 2.68. The van der Waals surface area contributed by atoms with E-state index < -0.39 is 0 Å². The van der Waals surface area contributed by atoms with Crippen LogP contribution in [0.5, 0.6) is 0 Å². The molecule has 90 valence electrons. The highest BCUT2D eigenvalue weighted by Crippen LogP contribution is 2.27. The summed E-state index contributed by atoms with van der Waals surface area (Å²) in [4.78, 5) is 3.08. The minimum absolute atomic E-state index is 0.387. The van der Waals surface area contributed by atoms with Crippen molar-refractivity contribution >= 4 is 46.4 Å². The van der Waals surface area contributed by atoms with E-state index in [2.05, 4.69) is 41.4 Å². The maximum absolute atomic E-state index is 6.28. The summed E-state index contributed by atoms with van der Waals surface area (Å²) in [6.45, 7) is 4.27. The van der Waals surface area contributed by atoms with Crippen LogP contribution in [0, 0.1) is 8.34 Å². The van der Waals surface area contributed by atoms with Crippen LogP contribution in [0.15, 0.2) is 24.4 Å². The molecule has 2 nitrogen and oxygen atoms in total. The largest absolute Gasteiger partial charge is 0.337 e. The first-order chi connectivity index (χ1) is 8.00. The van der Waals surface area contributed by atoms with Gasteiger partial charge in [-0.3, -0.25) is 4.57 Å². The standard InChI is InChI=1S/C12H12ClIN2S/c1-7(2)11-6-15-12(17)16(11)10-4-3-8(14)5-9(10)13/h3-7H,1-2H3,(H,15,17). The topological polar surface area (TPSA) is 20.7 Å². The molecule has 0 unspecified atom stereocenters. The summed E-state index contributed by atoms with van der Waals surface area (Å²) in [7, 11) is 0. The third-order valence-electron chi connectivity index (χ3n) is 2.55. The monoisotopic (exact) mass is 378 g/mol. The summed E-state index contributed by atoms with van der Waals surface area (Å²) in [6, 6.07) is 5.97. The molecule has 0 aliphatic carbocycles. The van der Waals surface area contributed by atoms with Crippen LogP contribution in [0.4, 0.5) is 0 Å². The molecule has 5 heteroatoms. The third-order valence-corrected chi connectivity index (χ3v) is 3.82. The number of imidazole rings is 1. The lowest BCUT2D eigenvalue weighted by Crippen LogP contribution is -2.02. The number of nitrogens with one attached hydrogen (secondary N) is 1. The summed E-state index contributed by atoms with van der Waals surface area (Å²) in [5.41, 5.74) is 2.07. The van der Waals surface area contributed by atoms with Gasteiger partial charge in [-0.05, 0) is 58.9 Å². The highest BCUT2D eigenvalue weighted by Gasteiger charge is 2.12. The number of aromatic amines is 1. The Morgan fingerprint density at radius 3 is 2.71 bits per heavy atom. The number of nitrogens with zero attached hydrogens (tertiary/aromatic N) is 1. The highest BCUT2D eigenvalue weighted by atomic mass is 127. The third kappa shape index (κ3) is 2.58. The van der Waals surface area contributed by atoms with Gasteiger partial charge in [-0.25, -0.2) is 0 Å². The van der Waals surface area contributed by atoms with E-state index in [9.17, 15) is 0 Å². The van der Waals surface area contributed by atoms with Gasteiger partial charge in [0.25, 0.3) is 0 Å². The highest BCUT2D eigenvalue weighted by molar-refractivity contribution is 14.1. The van der Waals surface area contributed by atoms with Gasteiger partial charge in [0, 0.05) is 15.5 Å². The number of benzene rings is 1. The van der Waals surface area contributed by atoms with Gasteiger partial charge in [-0.2, -0.15) is 0 Å². The number of hydrogen-bond donors (Lipinski definition) is 1. The molecule has 0 amide bonds. The first-order valence-corrected chi connectivity index (χ1v) is 7.13. The van der Waals surface area contributed by atoms with Crippen molar-refractivity contribution in [3.8, 4) is 5.69 Å². The molecule has 2 aromatic rings. The first-order valence-electron chi connectivity index (χ1n) is 5.26. The fourth-order valence-corrected chi connectivity index (χ4v) is 2.92. The molecule has 1 N–H and O–H groups in total. The average Bonchev–Trinajstić information content (AvgIpc) is 2.60. The van der Waals surface area contributed by atoms with Gasteiger partial charge in [0.2, 0.25) is 0 Å². The van der Waals surface area contributed by atoms with Crippen molar-refractivity contribution in [3.63, 3.8) is 0 Å². The van der Waals surface area contributed by atoms with E-state index in [-0.39, 0.29) is 0 Å². The Morgan fingerprint density at radius 1 is 1.41 bits per heavy atom. The van der Waals surface area contributed by atoms with E-state index in [0.29, 0.717) is 10.7 Å². The molecule has 0 atom stereocenters. The van der Waals surface area contributed by atoms with Gasteiger partial charge in [0.15, 0.2) is 4.77 Å². The van der Waals surface area contributed by atoms with Gasteiger partial charge in [-0.1, -0.05) is 25.4 Å². The summed E-state index contributed by atoms with van der Waals surface area (Å²) in [6.07, 6.45) is 1.95. The fraction of sp³-hybridized carbons (Fsp3) is 0.250. The van der Waals surface area contributed by atoms with Crippen LogP contribution in [0.25, 0.3) is 5.69 Å². The molecular formula is C12H12ClIN2S. The Labute approximate surface area is 124 Å². The molecule has 0 aliphatic rings. The Hall–Kier alpha value is -0.330. The molecule has 1 aromatic carbocycles. The average molecular weight is 379 g/mol. The van der Waals surface area contributed by atoms with Crippen LogP contribution >= 0.6 is 46.4 Å². The molecule has 0 spiro atoms. The molecule has 0 saturated carbocycles. The van der Waals surface area contributed by atoms with Crippen molar-refractivity contribution in [2.45, 2.75) is 19.8 Å². The Kier molecular flexibility index (Phi) is 3.95. The minimum Gasteiger partial charge on any atom is -0.337 e. The molecule has 0 bridgehead atoms. The first kappa shape index (κ1) is 13.1. The van der Waals surface area contributed by atoms with Crippen molar-refractivity contribution < 1.29 is 0 Å². The number of aromatic nitrogens is 2. The van der Waals surface area contributed by atoms with E-state index in [0.717, 1.165) is 20.0 Å². The molecular weight excluding hydrogens is 367 g/mol. The van der Waals surface area contributed by atoms with Gasteiger partial charge < -0.3 is 4.98 Å². The predicted molar refractivity (Wildman–Crippen MR) is 82.8 cm³/mol. The second-order valence-corrected chi connectivity index (χ2v) is 6.14. The van der Waals surface area contributed by atoms with Gasteiger partial charge in [0.1, 0.15) is 0 Å². The maximum Gasteiger partial charge on any atom is 0.182 e. The Bertz CT molecular complexity index is 601. The molecule has 0 saturated heterocycles. The Morgan fingerprint density at radius 2 is 2.12 bits per heavy atom. The summed E-state index contributed by atoms with van der Waals surface area (Å²) >= 11 is 13.8. The summed E-state index contributed by atoms with van der Waals surface area (Å²) in [5.74, 6) is 0.387. The molecule has 0 aliphatic heterocycles. The molecule has 0 radical (unpaired) electrons. The van der Waals surface area contributed by atoms with E-state index in [1.807, 2.05) is 29.0 Å². The van der Waals surface area contributed by atoms with Crippen LogP contribution in [0.3, 0.4) is 0 Å². The number of halogens is 2. The zero-order valence-electron chi connectivity index (χ0n) is 9.50. The molecule has 17 heavy (non-hydrogen) atoms. The lowest BCUT2D eigenvalue weighted by Gasteiger charge is -2.12. The number of H-pyrrole nitrogens is 1. The molecule has 1 heterocycles. The van der Waals surface area contributed by atoms with Crippen LogP contribution in [0.2, 0.25) is 5.02 Å². The van der Waals surface area contributed by atoms with Crippen LogP contribution in [-0.2, 0) is 0 Å². The summed E-state index contributed by atoms with van der Waals surface area (Å²) < 4.78 is 3.79. The fourth-order valence-electron chi connectivity index (χ4n) is 1.72. The lowest BCUT2D eigenvalue weighted by atomic mass is 10.1. The lowest BCUT2D eigenvalue weighted by molar-refractivity contribution is 0.783. The molecule has 2 rings (SSSR count). The maximum atomic E-state index is 6.28. The quantitative estimate of drug-likeness (QED) is 0.581. The van der Waals surface area contributed by atoms with E-state index in [4.69, 9.17) is 23.8 Å². The zero-order chi connectivity index (χ0) is 12.6. The van der Waals surface area contributed by atoms with Gasteiger partial charge in [-0.15, -0.1) is 0 Å². The van der Waals surface area contributed by atoms with Crippen molar-refractivity contribution in [2.75, 3.05) is 0 Å². The van der Waals surface area contributed by atoms with E-state index in [1.54, 1.807) is 0 Å². The van der Waals surface area contributed by atoms with Crippen molar-refractivity contribution in [3.05, 3.63) is 43.5 Å². The van der Waals surface area contributed by atoms with Crippen molar-refractivity contribution in [2.24, 2.45) is 0 Å². The van der Waals surface area contributed by atoms with Crippen molar-refractivity contribution in [1.82, 2.24) is 9.55 Å². The SMILES string of the molecule is CC(C)c1c[nH]c(=S)n1-c1ccc(I)cc1Cl. The zero-order valence-corrected chi connectivity index (χ0v) is 13.2. The van der Waals surface area contributed by atoms with Crippen LogP contribution in [-0.4, -0.2) is 9.55 Å². The predicted octanol–water partition coefficient (Wildman–Crippen LogP) is 4.92. The molecule has 0 fully saturated rings. The van der Waals surface area contributed by atoms with E-state index >= 15 is 0 Å². The number of rotatable bonds is 2. The normalized spacial score (nSPS) is 11.1. The van der Waals surface area contributed by atoms with Crippen LogP contribution < -0.4 is 0 Å². The minimum atomic E-state index is 0.387. The second-order valence-electron chi connectivity index (χ2n) is 4.10. The second kappa shape index (κ2) is 5.12. The van der Waals surface area contributed by atoms with E-state index in [1.165, 1.54) is 0 Å². The van der Waals surface area contributed by atoms with Crippen LogP contribution in [0.1, 0.15) is 25.5 Å².